The van der Waals surface area contributed by atoms with Crippen LogP contribution in [0.5, 0.6) is 0 Å². The van der Waals surface area contributed by atoms with Crippen molar-refractivity contribution in [1.82, 2.24) is 0 Å². The summed E-state index contributed by atoms with van der Waals surface area (Å²) in [6, 6.07) is 0. The van der Waals surface area contributed by atoms with E-state index in [1.807, 2.05) is 0 Å². The smallest absolute Gasteiger partial charge is 0.237 e. The highest BCUT2D eigenvalue weighted by atomic mass is 16.5. The second-order valence-corrected chi connectivity index (χ2v) is 4.47. The molecule has 17 heavy (non-hydrogen) atoms. The molecule has 0 aromatic rings. The maximum absolute atomic E-state index is 9.73. The zero-order chi connectivity index (χ0) is 12.6. The number of aliphatic imine (C=N–C) groups is 1. The van der Waals surface area contributed by atoms with Crippen LogP contribution in [0.1, 0.15) is 71.1 Å². The van der Waals surface area contributed by atoms with Gasteiger partial charge in [0.2, 0.25) is 6.08 Å². The Bertz CT molecular complexity index is 189. The minimum atomic E-state index is 0.168. The fourth-order valence-corrected chi connectivity index (χ4v) is 1.83. The third-order valence-electron chi connectivity index (χ3n) is 2.86. The summed E-state index contributed by atoms with van der Waals surface area (Å²) in [7, 11) is 0. The molecular formula is C14H27NO2. The third kappa shape index (κ3) is 15.3. The van der Waals surface area contributed by atoms with Gasteiger partial charge < -0.3 is 4.74 Å². The highest BCUT2D eigenvalue weighted by Crippen LogP contribution is 2.10. The van der Waals surface area contributed by atoms with E-state index in [4.69, 9.17) is 4.74 Å². The zero-order valence-electron chi connectivity index (χ0n) is 11.2. The molecule has 0 aromatic carbocycles. The molecule has 0 unspecified atom stereocenters. The summed E-state index contributed by atoms with van der Waals surface area (Å²) < 4.78 is 5.12. The number of unbranched alkanes of at least 4 members (excludes halogenated alkanes) is 9. The largest absolute Gasteiger partial charge is 0.358 e. The standard InChI is InChI=1S/C14H27NO2/c1-2-3-4-5-6-7-8-9-10-11-12-17-14-15-13-16/h2-12,14H2,1H3. The average Bonchev–Trinajstić information content (AvgIpc) is 2.35. The highest BCUT2D eigenvalue weighted by molar-refractivity contribution is 5.32. The Hall–Kier alpha value is -0.660. The van der Waals surface area contributed by atoms with E-state index in [-0.39, 0.29) is 6.73 Å². The van der Waals surface area contributed by atoms with Gasteiger partial charge in [0.05, 0.1) is 0 Å². The van der Waals surface area contributed by atoms with Gasteiger partial charge in [-0.25, -0.2) is 4.79 Å². The van der Waals surface area contributed by atoms with Gasteiger partial charge in [-0.1, -0.05) is 64.7 Å². The normalized spacial score (nSPS) is 10.2. The predicted molar refractivity (Wildman–Crippen MR) is 70.8 cm³/mol. The van der Waals surface area contributed by atoms with Gasteiger partial charge >= 0.3 is 0 Å². The van der Waals surface area contributed by atoms with E-state index >= 15 is 0 Å². The summed E-state index contributed by atoms with van der Waals surface area (Å²) in [5, 5.41) is 0. The molecule has 100 valence electrons. The average molecular weight is 241 g/mol. The van der Waals surface area contributed by atoms with Crippen molar-refractivity contribution in [2.75, 3.05) is 13.3 Å². The molecule has 0 N–H and O–H groups in total. The Labute approximate surface area is 106 Å². The lowest BCUT2D eigenvalue weighted by Crippen LogP contribution is -1.94. The fourth-order valence-electron chi connectivity index (χ4n) is 1.83. The van der Waals surface area contributed by atoms with Crippen molar-refractivity contribution >= 4 is 6.08 Å². The molecule has 0 radical (unpaired) electrons. The Morgan fingerprint density at radius 3 is 1.94 bits per heavy atom. The van der Waals surface area contributed by atoms with E-state index in [2.05, 4.69) is 11.9 Å². The number of carbonyl (C=O) groups excluding carboxylic acids is 1. The molecule has 0 aromatic heterocycles. The quantitative estimate of drug-likeness (QED) is 0.275. The van der Waals surface area contributed by atoms with E-state index in [9.17, 15) is 4.79 Å². The first-order valence-electron chi connectivity index (χ1n) is 7.03. The molecule has 3 nitrogen and oxygen atoms in total. The van der Waals surface area contributed by atoms with Gasteiger partial charge in [0, 0.05) is 6.61 Å². The van der Waals surface area contributed by atoms with Crippen LogP contribution in [0.3, 0.4) is 0 Å². The van der Waals surface area contributed by atoms with Crippen LogP contribution in [0.15, 0.2) is 4.99 Å². The fraction of sp³-hybridized carbons (Fsp3) is 0.929. The first-order chi connectivity index (χ1) is 8.41. The van der Waals surface area contributed by atoms with Gasteiger partial charge in [0.15, 0.2) is 0 Å². The lowest BCUT2D eigenvalue weighted by Gasteiger charge is -2.02. The summed E-state index contributed by atoms with van der Waals surface area (Å²) in [5.41, 5.74) is 0. The molecule has 0 bridgehead atoms. The maximum atomic E-state index is 9.73. The van der Waals surface area contributed by atoms with Gasteiger partial charge in [0.1, 0.15) is 6.73 Å². The highest BCUT2D eigenvalue weighted by Gasteiger charge is 1.92. The Kier molecular flexibility index (Phi) is 14.7. The summed E-state index contributed by atoms with van der Waals surface area (Å²) in [6.45, 7) is 3.13. The van der Waals surface area contributed by atoms with Gasteiger partial charge in [-0.05, 0) is 6.42 Å². The summed E-state index contributed by atoms with van der Waals surface area (Å²) in [4.78, 5) is 13.1. The van der Waals surface area contributed by atoms with E-state index < -0.39 is 0 Å². The summed E-state index contributed by atoms with van der Waals surface area (Å²) in [6.07, 6.45) is 14.7. The molecule has 0 aliphatic rings. The van der Waals surface area contributed by atoms with Crippen LogP contribution in [0.2, 0.25) is 0 Å². The molecule has 0 aliphatic heterocycles. The van der Waals surface area contributed by atoms with Crippen LogP contribution in [-0.4, -0.2) is 19.4 Å². The summed E-state index contributed by atoms with van der Waals surface area (Å²) in [5.74, 6) is 0. The maximum Gasteiger partial charge on any atom is 0.237 e. The molecule has 0 rings (SSSR count). The lowest BCUT2D eigenvalue weighted by molar-refractivity contribution is 0.137. The van der Waals surface area contributed by atoms with Crippen molar-refractivity contribution in [2.45, 2.75) is 71.1 Å². The monoisotopic (exact) mass is 241 g/mol. The molecule has 0 amide bonds. The number of nitrogens with zero attached hydrogens (tertiary/aromatic N) is 1. The predicted octanol–water partition coefficient (Wildman–Crippen LogP) is 4.22. The summed E-state index contributed by atoms with van der Waals surface area (Å²) >= 11 is 0. The van der Waals surface area contributed by atoms with Crippen LogP contribution in [0, 0.1) is 0 Å². The van der Waals surface area contributed by atoms with Crippen molar-refractivity contribution < 1.29 is 9.53 Å². The van der Waals surface area contributed by atoms with E-state index in [1.165, 1.54) is 63.9 Å². The molecule has 3 heteroatoms. The SMILES string of the molecule is CCCCCCCCCCCCOCN=C=O. The second-order valence-electron chi connectivity index (χ2n) is 4.47. The number of isocyanates is 1. The topological polar surface area (TPSA) is 38.7 Å². The Balaban J connectivity index is 2.91. The van der Waals surface area contributed by atoms with E-state index in [0.717, 1.165) is 6.42 Å². The van der Waals surface area contributed by atoms with Gasteiger partial charge in [-0.2, -0.15) is 4.99 Å². The van der Waals surface area contributed by atoms with Crippen molar-refractivity contribution in [3.8, 4) is 0 Å². The van der Waals surface area contributed by atoms with Crippen LogP contribution in [0.4, 0.5) is 0 Å². The van der Waals surface area contributed by atoms with E-state index in [1.54, 1.807) is 0 Å². The molecule has 0 saturated carbocycles. The zero-order valence-corrected chi connectivity index (χ0v) is 11.2. The second kappa shape index (κ2) is 15.3. The van der Waals surface area contributed by atoms with Crippen LogP contribution < -0.4 is 0 Å². The van der Waals surface area contributed by atoms with Crippen LogP contribution in [-0.2, 0) is 9.53 Å². The van der Waals surface area contributed by atoms with E-state index in [0.29, 0.717) is 6.61 Å². The molecule has 0 spiro atoms. The molecule has 0 atom stereocenters. The molecular weight excluding hydrogens is 214 g/mol. The van der Waals surface area contributed by atoms with Gasteiger partial charge in [-0.3, -0.25) is 0 Å². The minimum Gasteiger partial charge on any atom is -0.358 e. The van der Waals surface area contributed by atoms with Crippen molar-refractivity contribution in [2.24, 2.45) is 4.99 Å². The van der Waals surface area contributed by atoms with Crippen LogP contribution >= 0.6 is 0 Å². The Morgan fingerprint density at radius 2 is 1.41 bits per heavy atom. The van der Waals surface area contributed by atoms with Gasteiger partial charge in [-0.15, -0.1) is 0 Å². The first-order valence-corrected chi connectivity index (χ1v) is 7.03. The van der Waals surface area contributed by atoms with Crippen molar-refractivity contribution in [1.29, 1.82) is 0 Å². The Morgan fingerprint density at radius 1 is 0.882 bits per heavy atom. The number of ether oxygens (including phenoxy) is 1. The number of rotatable bonds is 13. The van der Waals surface area contributed by atoms with Gasteiger partial charge in [0.25, 0.3) is 0 Å². The van der Waals surface area contributed by atoms with Crippen molar-refractivity contribution in [3.05, 3.63) is 0 Å². The third-order valence-corrected chi connectivity index (χ3v) is 2.86. The number of hydrogen-bond acceptors (Lipinski definition) is 3. The molecule has 0 aliphatic carbocycles. The van der Waals surface area contributed by atoms with Crippen LogP contribution in [0.25, 0.3) is 0 Å². The number of hydrogen-bond donors (Lipinski definition) is 0. The lowest BCUT2D eigenvalue weighted by atomic mass is 10.1. The first kappa shape index (κ1) is 16.3. The minimum absolute atomic E-state index is 0.168. The molecule has 0 heterocycles. The molecule has 0 fully saturated rings. The molecule has 0 saturated heterocycles. The van der Waals surface area contributed by atoms with Crippen molar-refractivity contribution in [3.63, 3.8) is 0 Å².